The smallest absolute Gasteiger partial charge is 0.360 e. The molecule has 0 atom stereocenters. The molecule has 0 fully saturated rings. The first-order valence-corrected chi connectivity index (χ1v) is 6.22. The molecule has 1 aromatic heterocycles. The summed E-state index contributed by atoms with van der Waals surface area (Å²) < 4.78 is 32.6. The maximum absolute atomic E-state index is 13.3. The Balaban J connectivity index is 2.66. The van der Waals surface area contributed by atoms with E-state index in [1.165, 1.54) is 7.11 Å². The van der Waals surface area contributed by atoms with E-state index in [9.17, 15) is 18.4 Å². The molecule has 22 heavy (non-hydrogen) atoms. The summed E-state index contributed by atoms with van der Waals surface area (Å²) in [6.07, 6.45) is 1.09. The minimum absolute atomic E-state index is 0.0194. The second-order valence-electron chi connectivity index (χ2n) is 4.40. The van der Waals surface area contributed by atoms with E-state index in [0.29, 0.717) is 6.07 Å². The number of rotatable bonds is 5. The van der Waals surface area contributed by atoms with Gasteiger partial charge in [0, 0.05) is 25.3 Å². The van der Waals surface area contributed by atoms with Crippen LogP contribution >= 0.6 is 0 Å². The first kappa shape index (κ1) is 15.8. The predicted molar refractivity (Wildman–Crippen MR) is 72.7 cm³/mol. The van der Waals surface area contributed by atoms with Crippen LogP contribution in [0.25, 0.3) is 11.3 Å². The summed E-state index contributed by atoms with van der Waals surface area (Å²) >= 11 is 0. The number of aromatic carboxylic acids is 1. The molecule has 0 aliphatic rings. The second kappa shape index (κ2) is 6.44. The van der Waals surface area contributed by atoms with Crippen LogP contribution in [0.5, 0.6) is 0 Å². The molecule has 0 bridgehead atoms. The third-order valence-corrected chi connectivity index (χ3v) is 2.93. The fraction of sp³-hybridized carbons (Fsp3) is 0.214. The molecule has 0 aliphatic heterocycles. The van der Waals surface area contributed by atoms with Gasteiger partial charge in [-0.3, -0.25) is 4.79 Å². The molecule has 2 aromatic rings. The molecule has 1 N–H and O–H groups in total. The molecule has 0 amide bonds. The largest absolute Gasteiger partial charge is 0.476 e. The summed E-state index contributed by atoms with van der Waals surface area (Å²) in [6, 6.07) is 2.76. The first-order chi connectivity index (χ1) is 10.4. The van der Waals surface area contributed by atoms with Gasteiger partial charge in [0.2, 0.25) is 5.69 Å². The van der Waals surface area contributed by atoms with E-state index >= 15 is 0 Å². The van der Waals surface area contributed by atoms with E-state index in [1.54, 1.807) is 0 Å². The lowest BCUT2D eigenvalue weighted by Crippen LogP contribution is -2.30. The third-order valence-electron chi connectivity index (χ3n) is 2.93. The van der Waals surface area contributed by atoms with Crippen molar-refractivity contribution in [3.63, 3.8) is 0 Å². The number of benzene rings is 1. The van der Waals surface area contributed by atoms with Gasteiger partial charge in [-0.25, -0.2) is 18.6 Å². The van der Waals surface area contributed by atoms with Crippen molar-refractivity contribution in [2.24, 2.45) is 0 Å². The summed E-state index contributed by atoms with van der Waals surface area (Å²) in [5.74, 6) is -3.11. The van der Waals surface area contributed by atoms with Gasteiger partial charge >= 0.3 is 5.97 Å². The zero-order valence-corrected chi connectivity index (χ0v) is 11.5. The van der Waals surface area contributed by atoms with Gasteiger partial charge in [0.1, 0.15) is 11.6 Å². The maximum Gasteiger partial charge on any atom is 0.360 e. The van der Waals surface area contributed by atoms with Crippen LogP contribution in [0.2, 0.25) is 0 Å². The van der Waals surface area contributed by atoms with Crippen LogP contribution in [0.1, 0.15) is 10.5 Å². The average Bonchev–Trinajstić information content (AvgIpc) is 2.44. The lowest BCUT2D eigenvalue weighted by molar-refractivity contribution is 0.0687. The number of hydrogen-bond acceptors (Lipinski definition) is 4. The Labute approximate surface area is 123 Å². The van der Waals surface area contributed by atoms with Crippen molar-refractivity contribution in [3.8, 4) is 11.3 Å². The second-order valence-corrected chi connectivity index (χ2v) is 4.40. The molecular formula is C14H12F2N2O4. The third kappa shape index (κ3) is 3.17. The molecule has 0 aliphatic carbocycles. The highest BCUT2D eigenvalue weighted by molar-refractivity contribution is 5.85. The number of carboxylic acid groups (broad SMARTS) is 1. The Hall–Kier alpha value is -2.61. The topological polar surface area (TPSA) is 81.4 Å². The van der Waals surface area contributed by atoms with Crippen LogP contribution in [-0.2, 0) is 11.3 Å². The molecule has 0 saturated heterocycles. The monoisotopic (exact) mass is 310 g/mol. The van der Waals surface area contributed by atoms with Crippen molar-refractivity contribution in [1.29, 1.82) is 0 Å². The fourth-order valence-electron chi connectivity index (χ4n) is 1.97. The minimum Gasteiger partial charge on any atom is -0.476 e. The standard InChI is InChI=1S/C14H12F2N2O4/c1-22-3-2-18-11(7-17-12(13(18)19)14(20)21)8-4-9(15)6-10(16)5-8/h4-7H,2-3H2,1H3,(H,20,21). The highest BCUT2D eigenvalue weighted by atomic mass is 19.1. The van der Waals surface area contributed by atoms with Gasteiger partial charge in [-0.2, -0.15) is 0 Å². The molecule has 1 heterocycles. The Morgan fingerprint density at radius 3 is 2.50 bits per heavy atom. The highest BCUT2D eigenvalue weighted by Gasteiger charge is 2.17. The van der Waals surface area contributed by atoms with Gasteiger partial charge in [-0.1, -0.05) is 0 Å². The van der Waals surface area contributed by atoms with Crippen molar-refractivity contribution in [3.05, 3.63) is 52.1 Å². The van der Waals surface area contributed by atoms with Crippen molar-refractivity contribution in [1.82, 2.24) is 9.55 Å². The molecule has 2 rings (SSSR count). The quantitative estimate of drug-likeness (QED) is 0.906. The number of ether oxygens (including phenoxy) is 1. The molecule has 0 spiro atoms. The van der Waals surface area contributed by atoms with Crippen molar-refractivity contribution in [2.45, 2.75) is 6.54 Å². The van der Waals surface area contributed by atoms with Gasteiger partial charge in [-0.15, -0.1) is 0 Å². The van der Waals surface area contributed by atoms with Crippen LogP contribution in [0.3, 0.4) is 0 Å². The van der Waals surface area contributed by atoms with E-state index < -0.39 is 28.9 Å². The Morgan fingerprint density at radius 1 is 1.32 bits per heavy atom. The highest BCUT2D eigenvalue weighted by Crippen LogP contribution is 2.20. The summed E-state index contributed by atoms with van der Waals surface area (Å²) in [6.45, 7) is 0.138. The average molecular weight is 310 g/mol. The Morgan fingerprint density at radius 2 is 1.95 bits per heavy atom. The minimum atomic E-state index is -1.48. The first-order valence-electron chi connectivity index (χ1n) is 6.22. The summed E-state index contributed by atoms with van der Waals surface area (Å²) in [7, 11) is 1.41. The van der Waals surface area contributed by atoms with Crippen molar-refractivity contribution < 1.29 is 23.4 Å². The van der Waals surface area contributed by atoms with E-state index in [-0.39, 0.29) is 24.4 Å². The van der Waals surface area contributed by atoms with Crippen molar-refractivity contribution >= 4 is 5.97 Å². The predicted octanol–water partition coefficient (Wildman–Crippen LogP) is 1.53. The van der Waals surface area contributed by atoms with Gasteiger partial charge < -0.3 is 14.4 Å². The molecule has 0 unspecified atom stereocenters. The summed E-state index contributed by atoms with van der Waals surface area (Å²) in [5, 5.41) is 8.94. The van der Waals surface area contributed by atoms with Gasteiger partial charge in [0.15, 0.2) is 0 Å². The molecule has 8 heteroatoms. The molecule has 6 nitrogen and oxygen atoms in total. The lowest BCUT2D eigenvalue weighted by atomic mass is 10.1. The number of hydrogen-bond donors (Lipinski definition) is 1. The van der Waals surface area contributed by atoms with Crippen LogP contribution in [0.4, 0.5) is 8.78 Å². The number of aromatic nitrogens is 2. The molecule has 116 valence electrons. The van der Waals surface area contributed by atoms with E-state index in [2.05, 4.69) is 4.98 Å². The molecule has 1 aromatic carbocycles. The lowest BCUT2D eigenvalue weighted by Gasteiger charge is -2.13. The van der Waals surface area contributed by atoms with Crippen LogP contribution < -0.4 is 5.56 Å². The number of methoxy groups -OCH3 is 1. The van der Waals surface area contributed by atoms with Crippen LogP contribution in [0, 0.1) is 11.6 Å². The number of carboxylic acids is 1. The molecule has 0 saturated carbocycles. The van der Waals surface area contributed by atoms with Gasteiger partial charge in [0.05, 0.1) is 18.5 Å². The zero-order chi connectivity index (χ0) is 16.3. The van der Waals surface area contributed by atoms with E-state index in [4.69, 9.17) is 9.84 Å². The van der Waals surface area contributed by atoms with Crippen LogP contribution in [0.15, 0.2) is 29.2 Å². The Kier molecular flexibility index (Phi) is 4.62. The number of halogens is 2. The molecule has 0 radical (unpaired) electrons. The zero-order valence-electron chi connectivity index (χ0n) is 11.5. The summed E-state index contributed by atoms with van der Waals surface area (Å²) in [4.78, 5) is 26.7. The normalized spacial score (nSPS) is 10.7. The van der Waals surface area contributed by atoms with E-state index in [1.807, 2.05) is 0 Å². The van der Waals surface area contributed by atoms with Gasteiger partial charge in [0.25, 0.3) is 5.56 Å². The number of nitrogens with zero attached hydrogens (tertiary/aromatic N) is 2. The van der Waals surface area contributed by atoms with Crippen molar-refractivity contribution in [2.75, 3.05) is 13.7 Å². The van der Waals surface area contributed by atoms with Crippen LogP contribution in [-0.4, -0.2) is 34.3 Å². The van der Waals surface area contributed by atoms with E-state index in [0.717, 1.165) is 22.9 Å². The SMILES string of the molecule is COCCn1c(-c2cc(F)cc(F)c2)cnc(C(=O)O)c1=O. The Bertz CT molecular complexity index is 754. The fourth-order valence-corrected chi connectivity index (χ4v) is 1.97. The van der Waals surface area contributed by atoms with Gasteiger partial charge in [-0.05, 0) is 12.1 Å². The summed E-state index contributed by atoms with van der Waals surface area (Å²) in [5.41, 5.74) is -1.36. The maximum atomic E-state index is 13.3. The number of carbonyl (C=O) groups is 1. The molecular weight excluding hydrogens is 298 g/mol.